The van der Waals surface area contributed by atoms with E-state index in [1.54, 1.807) is 24.3 Å². The van der Waals surface area contributed by atoms with Crippen LogP contribution in [0.15, 0.2) is 41.6 Å². The Hall–Kier alpha value is -2.14. The molecule has 0 fully saturated rings. The van der Waals surface area contributed by atoms with Gasteiger partial charge in [-0.3, -0.25) is 14.6 Å². The summed E-state index contributed by atoms with van der Waals surface area (Å²) in [5, 5.41) is -0.00159. The van der Waals surface area contributed by atoms with E-state index in [-0.39, 0.29) is 17.0 Å². The topological polar surface area (TPSA) is 66.1 Å². The molecule has 1 unspecified atom stereocenters. The third-order valence-corrected chi connectivity index (χ3v) is 3.45. The standard InChI is InChI=1S/C14H14ClN3O2/c1-9(10-4-3-5-16-7-10)18(2)14(20)11-6-12(15)13(19)17-8-11/h3-9H,1-2H3,(H,17,19). The molecular weight excluding hydrogens is 278 g/mol. The lowest BCUT2D eigenvalue weighted by molar-refractivity contribution is 0.0742. The molecular formula is C14H14ClN3O2. The van der Waals surface area contributed by atoms with Gasteiger partial charge in [-0.15, -0.1) is 0 Å². The maximum absolute atomic E-state index is 12.3. The second-order valence-corrected chi connectivity index (χ2v) is 4.85. The summed E-state index contributed by atoms with van der Waals surface area (Å²) in [7, 11) is 1.69. The first-order valence-corrected chi connectivity index (χ1v) is 6.44. The molecule has 1 N–H and O–H groups in total. The molecule has 0 aliphatic carbocycles. The summed E-state index contributed by atoms with van der Waals surface area (Å²) in [6, 6.07) is 4.96. The van der Waals surface area contributed by atoms with Gasteiger partial charge in [-0.1, -0.05) is 17.7 Å². The molecule has 0 aliphatic heterocycles. The second kappa shape index (κ2) is 5.88. The number of hydrogen-bond donors (Lipinski definition) is 1. The zero-order valence-electron chi connectivity index (χ0n) is 11.1. The highest BCUT2D eigenvalue weighted by molar-refractivity contribution is 6.30. The van der Waals surface area contributed by atoms with Gasteiger partial charge in [0.25, 0.3) is 11.5 Å². The van der Waals surface area contributed by atoms with Gasteiger partial charge >= 0.3 is 0 Å². The van der Waals surface area contributed by atoms with Crippen molar-refractivity contribution in [1.29, 1.82) is 0 Å². The van der Waals surface area contributed by atoms with Gasteiger partial charge in [-0.25, -0.2) is 0 Å². The van der Waals surface area contributed by atoms with Crippen molar-refractivity contribution in [3.8, 4) is 0 Å². The van der Waals surface area contributed by atoms with Crippen LogP contribution in [0.1, 0.15) is 28.9 Å². The number of nitrogens with one attached hydrogen (secondary N) is 1. The van der Waals surface area contributed by atoms with Gasteiger partial charge in [0, 0.05) is 25.6 Å². The third-order valence-electron chi connectivity index (χ3n) is 3.17. The molecule has 2 aromatic heterocycles. The Kier molecular flexibility index (Phi) is 4.20. The molecule has 0 saturated carbocycles. The van der Waals surface area contributed by atoms with Crippen LogP contribution in [0.5, 0.6) is 0 Å². The van der Waals surface area contributed by atoms with Crippen LogP contribution in [0, 0.1) is 0 Å². The number of carbonyl (C=O) groups is 1. The largest absolute Gasteiger partial charge is 0.335 e. The quantitative estimate of drug-likeness (QED) is 0.943. The van der Waals surface area contributed by atoms with Crippen molar-refractivity contribution < 1.29 is 4.79 Å². The van der Waals surface area contributed by atoms with Crippen LogP contribution in [-0.2, 0) is 0 Å². The summed E-state index contributed by atoms with van der Waals surface area (Å²) in [5.41, 5.74) is 0.859. The first kappa shape index (κ1) is 14.3. The Bertz CT molecular complexity index is 670. The number of carbonyl (C=O) groups excluding carboxylic acids is 1. The highest BCUT2D eigenvalue weighted by Gasteiger charge is 2.19. The van der Waals surface area contributed by atoms with Crippen molar-refractivity contribution >= 4 is 17.5 Å². The molecule has 0 aromatic carbocycles. The minimum Gasteiger partial charge on any atom is -0.335 e. The van der Waals surface area contributed by atoms with E-state index in [9.17, 15) is 9.59 Å². The normalized spacial score (nSPS) is 11.9. The molecule has 104 valence electrons. The van der Waals surface area contributed by atoms with Crippen LogP contribution >= 0.6 is 11.6 Å². The zero-order valence-corrected chi connectivity index (χ0v) is 11.9. The molecule has 6 heteroatoms. The Labute approximate surface area is 121 Å². The summed E-state index contributed by atoms with van der Waals surface area (Å²) < 4.78 is 0. The molecule has 0 saturated heterocycles. The summed E-state index contributed by atoms with van der Waals surface area (Å²) in [6.45, 7) is 1.90. The van der Waals surface area contributed by atoms with E-state index < -0.39 is 5.56 Å². The van der Waals surface area contributed by atoms with Crippen LogP contribution in [0.4, 0.5) is 0 Å². The van der Waals surface area contributed by atoms with Gasteiger partial charge in [0.1, 0.15) is 5.02 Å². The fourth-order valence-corrected chi connectivity index (χ4v) is 1.98. The highest BCUT2D eigenvalue weighted by Crippen LogP contribution is 2.19. The molecule has 0 bridgehead atoms. The molecule has 0 aliphatic rings. The predicted octanol–water partition coefficient (Wildman–Crippen LogP) is 2.26. The number of pyridine rings is 2. The lowest BCUT2D eigenvalue weighted by atomic mass is 10.1. The van der Waals surface area contributed by atoms with E-state index in [0.717, 1.165) is 5.56 Å². The van der Waals surface area contributed by atoms with Crippen molar-refractivity contribution in [3.63, 3.8) is 0 Å². The Morgan fingerprint density at radius 3 is 2.85 bits per heavy atom. The average molecular weight is 292 g/mol. The van der Waals surface area contributed by atoms with Gasteiger partial charge in [-0.2, -0.15) is 0 Å². The van der Waals surface area contributed by atoms with E-state index in [1.165, 1.54) is 12.3 Å². The van der Waals surface area contributed by atoms with Crippen LogP contribution < -0.4 is 5.56 Å². The highest BCUT2D eigenvalue weighted by atomic mass is 35.5. The van der Waals surface area contributed by atoms with Crippen LogP contribution in [0.2, 0.25) is 5.02 Å². The van der Waals surface area contributed by atoms with E-state index in [0.29, 0.717) is 5.56 Å². The second-order valence-electron chi connectivity index (χ2n) is 4.44. The molecule has 1 amide bonds. The smallest absolute Gasteiger partial charge is 0.266 e. The molecule has 2 rings (SSSR count). The lowest BCUT2D eigenvalue weighted by Gasteiger charge is -2.25. The van der Waals surface area contributed by atoms with Crippen molar-refractivity contribution in [1.82, 2.24) is 14.9 Å². The predicted molar refractivity (Wildman–Crippen MR) is 76.8 cm³/mol. The minimum atomic E-state index is -0.411. The van der Waals surface area contributed by atoms with E-state index in [4.69, 9.17) is 11.6 Å². The summed E-state index contributed by atoms with van der Waals surface area (Å²) in [6.07, 6.45) is 4.76. The van der Waals surface area contributed by atoms with E-state index in [1.807, 2.05) is 19.1 Å². The van der Waals surface area contributed by atoms with Crippen LogP contribution in [0.3, 0.4) is 0 Å². The fraction of sp³-hybridized carbons (Fsp3) is 0.214. The first-order chi connectivity index (χ1) is 9.50. The van der Waals surface area contributed by atoms with Gasteiger partial charge in [0.2, 0.25) is 0 Å². The summed E-state index contributed by atoms with van der Waals surface area (Å²) in [5.74, 6) is -0.223. The molecule has 2 aromatic rings. The van der Waals surface area contributed by atoms with Gasteiger partial charge in [-0.05, 0) is 24.6 Å². The molecule has 0 radical (unpaired) electrons. The zero-order chi connectivity index (χ0) is 14.7. The van der Waals surface area contributed by atoms with Crippen LogP contribution in [-0.4, -0.2) is 27.8 Å². The van der Waals surface area contributed by atoms with Crippen molar-refractivity contribution in [3.05, 3.63) is 63.3 Å². The Morgan fingerprint density at radius 2 is 2.25 bits per heavy atom. The summed E-state index contributed by atoms with van der Waals surface area (Å²) >= 11 is 5.73. The Balaban J connectivity index is 2.24. The number of aromatic nitrogens is 2. The number of aromatic amines is 1. The minimum absolute atomic E-state index is 0.00159. The molecule has 2 heterocycles. The van der Waals surface area contributed by atoms with Crippen LogP contribution in [0.25, 0.3) is 0 Å². The maximum atomic E-state index is 12.3. The molecule has 1 atom stereocenters. The molecule has 0 spiro atoms. The van der Waals surface area contributed by atoms with Gasteiger partial charge in [0.05, 0.1) is 11.6 Å². The number of amides is 1. The molecule has 20 heavy (non-hydrogen) atoms. The van der Waals surface area contributed by atoms with E-state index >= 15 is 0 Å². The van der Waals surface area contributed by atoms with Gasteiger partial charge < -0.3 is 9.88 Å². The number of H-pyrrole nitrogens is 1. The third kappa shape index (κ3) is 2.88. The number of nitrogens with zero attached hydrogens (tertiary/aromatic N) is 2. The van der Waals surface area contributed by atoms with Crippen molar-refractivity contribution in [2.24, 2.45) is 0 Å². The first-order valence-electron chi connectivity index (χ1n) is 6.06. The average Bonchev–Trinajstić information content (AvgIpc) is 2.48. The monoisotopic (exact) mass is 291 g/mol. The van der Waals surface area contributed by atoms with E-state index in [2.05, 4.69) is 9.97 Å². The number of hydrogen-bond acceptors (Lipinski definition) is 3. The fourth-order valence-electron chi connectivity index (χ4n) is 1.81. The Morgan fingerprint density at radius 1 is 1.50 bits per heavy atom. The SMILES string of the molecule is CC(c1cccnc1)N(C)C(=O)c1c[nH]c(=O)c(Cl)c1. The van der Waals surface area contributed by atoms with Gasteiger partial charge in [0.15, 0.2) is 0 Å². The number of rotatable bonds is 3. The molecule has 5 nitrogen and oxygen atoms in total. The summed E-state index contributed by atoms with van der Waals surface area (Å²) in [4.78, 5) is 31.6. The lowest BCUT2D eigenvalue weighted by Crippen LogP contribution is -2.30. The van der Waals surface area contributed by atoms with Crippen molar-refractivity contribution in [2.45, 2.75) is 13.0 Å². The maximum Gasteiger partial charge on any atom is 0.266 e. The van der Waals surface area contributed by atoms with Crippen molar-refractivity contribution in [2.75, 3.05) is 7.05 Å². The number of halogens is 1.